The first kappa shape index (κ1) is 15.9. The lowest BCUT2D eigenvalue weighted by molar-refractivity contribution is 0.104. The fourth-order valence-corrected chi connectivity index (χ4v) is 2.55. The van der Waals surface area contributed by atoms with E-state index in [1.54, 1.807) is 12.2 Å². The van der Waals surface area contributed by atoms with E-state index in [4.69, 9.17) is 0 Å². The molecule has 0 saturated heterocycles. The predicted molar refractivity (Wildman–Crippen MR) is 98.4 cm³/mol. The summed E-state index contributed by atoms with van der Waals surface area (Å²) in [6.07, 6.45) is 3.36. The molecule has 24 heavy (non-hydrogen) atoms. The van der Waals surface area contributed by atoms with Gasteiger partial charge in [0.15, 0.2) is 0 Å². The van der Waals surface area contributed by atoms with Gasteiger partial charge in [0.25, 0.3) is 0 Å². The maximum absolute atomic E-state index is 12.5. The van der Waals surface area contributed by atoms with Crippen LogP contribution in [-0.4, -0.2) is 30.1 Å². The van der Waals surface area contributed by atoms with E-state index in [9.17, 15) is 4.79 Å². The largest absolute Gasteiger partial charge is 0.378 e. The van der Waals surface area contributed by atoms with Gasteiger partial charge in [-0.15, -0.1) is 10.2 Å². The van der Waals surface area contributed by atoms with Crippen LogP contribution < -0.4 is 4.90 Å². The summed E-state index contributed by atoms with van der Waals surface area (Å²) in [6, 6.07) is 15.7. The third kappa shape index (κ3) is 3.18. The van der Waals surface area contributed by atoms with Crippen molar-refractivity contribution < 1.29 is 4.79 Å². The van der Waals surface area contributed by atoms with Crippen molar-refractivity contribution in [2.45, 2.75) is 6.92 Å². The molecule has 2 aromatic carbocycles. The molecule has 0 bridgehead atoms. The van der Waals surface area contributed by atoms with Crippen molar-refractivity contribution in [2.24, 2.45) is 0 Å². The monoisotopic (exact) mass is 317 g/mol. The number of anilines is 1. The standard InChI is InChI=1S/C20H19N3O/c1-14-17-6-4-5-7-18(17)21-22-20(14)19(24)13-10-15-8-11-16(12-9-15)23(2)3/h4-13H,1-3H3/b13-10+. The highest BCUT2D eigenvalue weighted by atomic mass is 16.1. The van der Waals surface area contributed by atoms with Gasteiger partial charge < -0.3 is 4.90 Å². The van der Waals surface area contributed by atoms with Gasteiger partial charge in [-0.3, -0.25) is 4.79 Å². The maximum Gasteiger partial charge on any atom is 0.206 e. The van der Waals surface area contributed by atoms with Crippen molar-refractivity contribution in [1.82, 2.24) is 10.2 Å². The number of allylic oxidation sites excluding steroid dienone is 1. The van der Waals surface area contributed by atoms with E-state index in [2.05, 4.69) is 10.2 Å². The molecule has 4 nitrogen and oxygen atoms in total. The smallest absolute Gasteiger partial charge is 0.206 e. The Morgan fingerprint density at radius 3 is 2.42 bits per heavy atom. The second-order valence-corrected chi connectivity index (χ2v) is 5.87. The Kier molecular flexibility index (Phi) is 4.38. The number of nitrogens with zero attached hydrogens (tertiary/aromatic N) is 3. The number of hydrogen-bond donors (Lipinski definition) is 0. The molecule has 1 heterocycles. The van der Waals surface area contributed by atoms with Gasteiger partial charge in [-0.1, -0.05) is 36.4 Å². The fourth-order valence-electron chi connectivity index (χ4n) is 2.55. The van der Waals surface area contributed by atoms with Crippen molar-refractivity contribution in [3.63, 3.8) is 0 Å². The quantitative estimate of drug-likeness (QED) is 0.541. The van der Waals surface area contributed by atoms with Crippen LogP contribution in [0.25, 0.3) is 17.0 Å². The van der Waals surface area contributed by atoms with E-state index in [-0.39, 0.29) is 5.78 Å². The summed E-state index contributed by atoms with van der Waals surface area (Å²) in [4.78, 5) is 14.5. The van der Waals surface area contributed by atoms with Gasteiger partial charge in [0.2, 0.25) is 5.78 Å². The second kappa shape index (κ2) is 6.62. The van der Waals surface area contributed by atoms with E-state index >= 15 is 0 Å². The number of fused-ring (bicyclic) bond motifs is 1. The van der Waals surface area contributed by atoms with E-state index in [0.717, 1.165) is 27.7 Å². The van der Waals surface area contributed by atoms with E-state index in [1.807, 2.05) is 74.4 Å². The number of ketones is 1. The molecule has 3 rings (SSSR count). The van der Waals surface area contributed by atoms with Gasteiger partial charge >= 0.3 is 0 Å². The number of benzene rings is 2. The molecule has 3 aromatic rings. The lowest BCUT2D eigenvalue weighted by atomic mass is 10.1. The van der Waals surface area contributed by atoms with Gasteiger partial charge in [0.1, 0.15) is 5.69 Å². The zero-order valence-electron chi connectivity index (χ0n) is 14.0. The molecule has 0 amide bonds. The normalized spacial score (nSPS) is 11.1. The molecule has 120 valence electrons. The Morgan fingerprint density at radius 2 is 1.71 bits per heavy atom. The third-order valence-corrected chi connectivity index (χ3v) is 3.99. The molecule has 0 atom stereocenters. The van der Waals surface area contributed by atoms with Crippen LogP contribution in [0.15, 0.2) is 54.6 Å². The van der Waals surface area contributed by atoms with Gasteiger partial charge in [-0.05, 0) is 42.3 Å². The molecule has 0 aliphatic carbocycles. The van der Waals surface area contributed by atoms with Crippen molar-refractivity contribution in [3.8, 4) is 0 Å². The van der Waals surface area contributed by atoms with Gasteiger partial charge in [0.05, 0.1) is 5.52 Å². The molecule has 0 N–H and O–H groups in total. The molecule has 0 radical (unpaired) electrons. The van der Waals surface area contributed by atoms with Crippen molar-refractivity contribution in [1.29, 1.82) is 0 Å². The summed E-state index contributed by atoms with van der Waals surface area (Å²) < 4.78 is 0. The summed E-state index contributed by atoms with van der Waals surface area (Å²) >= 11 is 0. The number of aryl methyl sites for hydroxylation is 1. The van der Waals surface area contributed by atoms with Gasteiger partial charge in [-0.25, -0.2) is 0 Å². The molecule has 0 fully saturated rings. The summed E-state index contributed by atoms with van der Waals surface area (Å²) in [6.45, 7) is 1.91. The van der Waals surface area contributed by atoms with E-state index in [1.165, 1.54) is 0 Å². The van der Waals surface area contributed by atoms with Crippen LogP contribution in [0.2, 0.25) is 0 Å². The Bertz CT molecular complexity index is 912. The second-order valence-electron chi connectivity index (χ2n) is 5.87. The third-order valence-electron chi connectivity index (χ3n) is 3.99. The first-order chi connectivity index (χ1) is 11.6. The number of rotatable bonds is 4. The lowest BCUT2D eigenvalue weighted by Crippen LogP contribution is -2.07. The first-order valence-electron chi connectivity index (χ1n) is 7.78. The average Bonchev–Trinajstić information content (AvgIpc) is 2.60. The topological polar surface area (TPSA) is 46.1 Å². The number of aromatic nitrogens is 2. The highest BCUT2D eigenvalue weighted by Crippen LogP contribution is 2.19. The van der Waals surface area contributed by atoms with Crippen LogP contribution in [-0.2, 0) is 0 Å². The van der Waals surface area contributed by atoms with Crippen molar-refractivity contribution >= 4 is 28.4 Å². The Balaban J connectivity index is 1.85. The SMILES string of the molecule is Cc1c(C(=O)/C=C/c2ccc(N(C)C)cc2)nnc2ccccc12. The Hall–Kier alpha value is -3.01. The zero-order chi connectivity index (χ0) is 17.1. The minimum atomic E-state index is -0.137. The lowest BCUT2D eigenvalue weighted by Gasteiger charge is -2.11. The summed E-state index contributed by atoms with van der Waals surface area (Å²) in [5.41, 5.74) is 4.15. The van der Waals surface area contributed by atoms with Crippen LogP contribution in [0.3, 0.4) is 0 Å². The number of hydrogen-bond acceptors (Lipinski definition) is 4. The van der Waals surface area contributed by atoms with E-state index in [0.29, 0.717) is 5.69 Å². The summed E-state index contributed by atoms with van der Waals surface area (Å²) in [7, 11) is 3.99. The Morgan fingerprint density at radius 1 is 1.00 bits per heavy atom. The molecule has 4 heteroatoms. The molecule has 0 saturated carbocycles. The van der Waals surface area contributed by atoms with Crippen LogP contribution >= 0.6 is 0 Å². The van der Waals surface area contributed by atoms with Gasteiger partial charge in [-0.2, -0.15) is 0 Å². The summed E-state index contributed by atoms with van der Waals surface area (Å²) in [5.74, 6) is -0.137. The zero-order valence-corrected chi connectivity index (χ0v) is 14.0. The molecular formula is C20H19N3O. The van der Waals surface area contributed by atoms with Gasteiger partial charge in [0, 0.05) is 25.2 Å². The minimum Gasteiger partial charge on any atom is -0.378 e. The Labute approximate surface area is 141 Å². The molecule has 0 spiro atoms. The predicted octanol–water partition coefficient (Wildman–Crippen LogP) is 3.90. The molecule has 1 aromatic heterocycles. The minimum absolute atomic E-state index is 0.137. The van der Waals surface area contributed by atoms with Crippen LogP contribution in [0.1, 0.15) is 21.6 Å². The molecule has 0 unspecified atom stereocenters. The molecular weight excluding hydrogens is 298 g/mol. The fraction of sp³-hybridized carbons (Fsp3) is 0.150. The number of carbonyl (C=O) groups excluding carboxylic acids is 1. The summed E-state index contributed by atoms with van der Waals surface area (Å²) in [5, 5.41) is 9.20. The maximum atomic E-state index is 12.5. The number of carbonyl (C=O) groups is 1. The van der Waals surface area contributed by atoms with Crippen molar-refractivity contribution in [2.75, 3.05) is 19.0 Å². The van der Waals surface area contributed by atoms with Crippen molar-refractivity contribution in [3.05, 3.63) is 71.4 Å². The van der Waals surface area contributed by atoms with Crippen LogP contribution in [0.5, 0.6) is 0 Å². The van der Waals surface area contributed by atoms with E-state index < -0.39 is 0 Å². The highest BCUT2D eigenvalue weighted by Gasteiger charge is 2.11. The first-order valence-corrected chi connectivity index (χ1v) is 7.78. The van der Waals surface area contributed by atoms with Crippen LogP contribution in [0.4, 0.5) is 5.69 Å². The van der Waals surface area contributed by atoms with Crippen LogP contribution in [0, 0.1) is 6.92 Å². The molecule has 0 aliphatic heterocycles. The average molecular weight is 317 g/mol. The highest BCUT2D eigenvalue weighted by molar-refractivity contribution is 6.08. The molecule has 0 aliphatic rings.